The van der Waals surface area contributed by atoms with Crippen molar-refractivity contribution >= 4 is 11.7 Å². The normalized spacial score (nSPS) is 12.1. The van der Waals surface area contributed by atoms with E-state index in [1.54, 1.807) is 6.20 Å². The van der Waals surface area contributed by atoms with Crippen molar-refractivity contribution in [2.75, 3.05) is 5.32 Å². The fourth-order valence-electron chi connectivity index (χ4n) is 1.33. The molecule has 0 aromatic carbocycles. The van der Waals surface area contributed by atoms with Crippen molar-refractivity contribution in [1.82, 2.24) is 4.98 Å². The summed E-state index contributed by atoms with van der Waals surface area (Å²) in [5, 5.41) is 11.8. The van der Waals surface area contributed by atoms with E-state index in [1.807, 2.05) is 26.0 Å². The van der Waals surface area contributed by atoms with Crippen LogP contribution in [0.1, 0.15) is 25.5 Å². The van der Waals surface area contributed by atoms with Gasteiger partial charge in [0.15, 0.2) is 0 Å². The fourth-order valence-corrected chi connectivity index (χ4v) is 1.33. The number of carboxylic acid groups (broad SMARTS) is 1. The molecule has 0 saturated heterocycles. The number of pyridine rings is 1. The monoisotopic (exact) mass is 208 g/mol. The minimum atomic E-state index is -0.755. The lowest BCUT2D eigenvalue weighted by atomic mass is 10.2. The molecule has 0 radical (unpaired) electrons. The number of anilines is 1. The van der Waals surface area contributed by atoms with Gasteiger partial charge in [0.2, 0.25) is 0 Å². The molecule has 1 aromatic heterocycles. The summed E-state index contributed by atoms with van der Waals surface area (Å²) in [6, 6.07) is 3.98. The highest BCUT2D eigenvalue weighted by atomic mass is 16.4. The van der Waals surface area contributed by atoms with Crippen molar-refractivity contribution in [1.29, 1.82) is 0 Å². The van der Waals surface area contributed by atoms with Crippen molar-refractivity contribution in [2.24, 2.45) is 0 Å². The van der Waals surface area contributed by atoms with Gasteiger partial charge in [-0.25, -0.2) is 0 Å². The van der Waals surface area contributed by atoms with Crippen LogP contribution in [0.25, 0.3) is 0 Å². The fraction of sp³-hybridized carbons (Fsp3) is 0.455. The standard InChI is InChI=1S/C11H16N2O2/c1-8(3-4-11(14)15)13-10-5-6-12-9(2)7-10/h5-8H,3-4H2,1-2H3,(H,12,13)(H,14,15). The maximum atomic E-state index is 10.4. The number of aromatic nitrogens is 1. The summed E-state index contributed by atoms with van der Waals surface area (Å²) < 4.78 is 0. The molecule has 1 rings (SSSR count). The maximum Gasteiger partial charge on any atom is 0.303 e. The molecule has 0 aliphatic rings. The Hall–Kier alpha value is -1.58. The topological polar surface area (TPSA) is 62.2 Å². The van der Waals surface area contributed by atoms with Crippen LogP contribution >= 0.6 is 0 Å². The Balaban J connectivity index is 2.44. The third-order valence-electron chi connectivity index (χ3n) is 2.10. The summed E-state index contributed by atoms with van der Waals surface area (Å²) in [5.41, 5.74) is 1.94. The van der Waals surface area contributed by atoms with E-state index in [0.717, 1.165) is 11.4 Å². The molecule has 0 saturated carbocycles. The molecule has 0 amide bonds. The van der Waals surface area contributed by atoms with Crippen molar-refractivity contribution in [3.63, 3.8) is 0 Å². The first-order valence-corrected chi connectivity index (χ1v) is 4.99. The molecule has 1 aromatic rings. The van der Waals surface area contributed by atoms with Gasteiger partial charge in [0.1, 0.15) is 0 Å². The Kier molecular flexibility index (Phi) is 4.09. The van der Waals surface area contributed by atoms with Crippen LogP contribution in [0.5, 0.6) is 0 Å². The minimum Gasteiger partial charge on any atom is -0.481 e. The molecule has 1 atom stereocenters. The number of carbonyl (C=O) groups is 1. The van der Waals surface area contributed by atoms with Crippen LogP contribution in [0, 0.1) is 6.92 Å². The zero-order valence-electron chi connectivity index (χ0n) is 9.03. The highest BCUT2D eigenvalue weighted by Crippen LogP contribution is 2.10. The van der Waals surface area contributed by atoms with E-state index in [9.17, 15) is 4.79 Å². The van der Waals surface area contributed by atoms with Crippen LogP contribution < -0.4 is 5.32 Å². The van der Waals surface area contributed by atoms with Gasteiger partial charge < -0.3 is 10.4 Å². The molecule has 0 aliphatic heterocycles. The third-order valence-corrected chi connectivity index (χ3v) is 2.10. The van der Waals surface area contributed by atoms with Gasteiger partial charge in [-0.2, -0.15) is 0 Å². The molecule has 0 aliphatic carbocycles. The first-order chi connectivity index (χ1) is 7.08. The Morgan fingerprint density at radius 3 is 3.00 bits per heavy atom. The summed E-state index contributed by atoms with van der Waals surface area (Å²) in [4.78, 5) is 14.5. The van der Waals surface area contributed by atoms with E-state index in [0.29, 0.717) is 6.42 Å². The number of nitrogens with zero attached hydrogens (tertiary/aromatic N) is 1. The van der Waals surface area contributed by atoms with Gasteiger partial charge in [-0.1, -0.05) is 0 Å². The lowest BCUT2D eigenvalue weighted by Gasteiger charge is -2.14. The summed E-state index contributed by atoms with van der Waals surface area (Å²) in [7, 11) is 0. The maximum absolute atomic E-state index is 10.4. The number of hydrogen-bond donors (Lipinski definition) is 2. The lowest BCUT2D eigenvalue weighted by Crippen LogP contribution is -2.16. The number of rotatable bonds is 5. The van der Waals surface area contributed by atoms with Crippen LogP contribution in [0.2, 0.25) is 0 Å². The Morgan fingerprint density at radius 2 is 2.40 bits per heavy atom. The number of hydrogen-bond acceptors (Lipinski definition) is 3. The van der Waals surface area contributed by atoms with Crippen molar-refractivity contribution in [3.05, 3.63) is 24.0 Å². The van der Waals surface area contributed by atoms with Crippen LogP contribution in [-0.2, 0) is 4.79 Å². The number of aliphatic carboxylic acids is 1. The van der Waals surface area contributed by atoms with Gasteiger partial charge in [-0.3, -0.25) is 9.78 Å². The Bertz CT molecular complexity index is 339. The quantitative estimate of drug-likeness (QED) is 0.777. The molecule has 0 fully saturated rings. The first kappa shape index (κ1) is 11.5. The average molecular weight is 208 g/mol. The second-order valence-electron chi connectivity index (χ2n) is 3.66. The van der Waals surface area contributed by atoms with Crippen LogP contribution in [-0.4, -0.2) is 22.1 Å². The predicted molar refractivity (Wildman–Crippen MR) is 58.9 cm³/mol. The summed E-state index contributed by atoms with van der Waals surface area (Å²) in [5.74, 6) is -0.755. The molecular formula is C11H16N2O2. The van der Waals surface area contributed by atoms with E-state index in [2.05, 4.69) is 10.3 Å². The van der Waals surface area contributed by atoms with Gasteiger partial charge in [0.05, 0.1) is 0 Å². The minimum absolute atomic E-state index is 0.155. The van der Waals surface area contributed by atoms with Gasteiger partial charge >= 0.3 is 5.97 Å². The number of carboxylic acids is 1. The molecule has 2 N–H and O–H groups in total. The smallest absolute Gasteiger partial charge is 0.303 e. The SMILES string of the molecule is Cc1cc(NC(C)CCC(=O)O)ccn1. The first-order valence-electron chi connectivity index (χ1n) is 4.99. The van der Waals surface area contributed by atoms with E-state index < -0.39 is 5.97 Å². The zero-order valence-corrected chi connectivity index (χ0v) is 9.03. The number of aryl methyl sites for hydroxylation is 1. The predicted octanol–water partition coefficient (Wildman–Crippen LogP) is 2.06. The molecular weight excluding hydrogens is 192 g/mol. The highest BCUT2D eigenvalue weighted by molar-refractivity contribution is 5.66. The largest absolute Gasteiger partial charge is 0.481 e. The van der Waals surface area contributed by atoms with Crippen LogP contribution in [0.3, 0.4) is 0 Å². The van der Waals surface area contributed by atoms with Crippen molar-refractivity contribution < 1.29 is 9.90 Å². The van der Waals surface area contributed by atoms with Crippen LogP contribution in [0.4, 0.5) is 5.69 Å². The van der Waals surface area contributed by atoms with Gasteiger partial charge in [0, 0.05) is 30.0 Å². The molecule has 1 unspecified atom stereocenters. The molecule has 4 heteroatoms. The van der Waals surface area contributed by atoms with E-state index in [4.69, 9.17) is 5.11 Å². The van der Waals surface area contributed by atoms with Gasteiger partial charge in [0.25, 0.3) is 0 Å². The molecule has 15 heavy (non-hydrogen) atoms. The van der Waals surface area contributed by atoms with Crippen LogP contribution in [0.15, 0.2) is 18.3 Å². The van der Waals surface area contributed by atoms with Gasteiger partial charge in [-0.05, 0) is 32.4 Å². The van der Waals surface area contributed by atoms with E-state index >= 15 is 0 Å². The molecule has 0 spiro atoms. The third kappa shape index (κ3) is 4.44. The molecule has 1 heterocycles. The second kappa shape index (κ2) is 5.34. The van der Waals surface area contributed by atoms with E-state index in [-0.39, 0.29) is 12.5 Å². The van der Waals surface area contributed by atoms with E-state index in [1.165, 1.54) is 0 Å². The Morgan fingerprint density at radius 1 is 1.67 bits per heavy atom. The average Bonchev–Trinajstić information content (AvgIpc) is 2.15. The summed E-state index contributed by atoms with van der Waals surface area (Å²) in [6.07, 6.45) is 2.55. The second-order valence-corrected chi connectivity index (χ2v) is 3.66. The molecule has 82 valence electrons. The lowest BCUT2D eigenvalue weighted by molar-refractivity contribution is -0.137. The number of nitrogens with one attached hydrogen (secondary N) is 1. The Labute approximate surface area is 89.3 Å². The highest BCUT2D eigenvalue weighted by Gasteiger charge is 2.05. The van der Waals surface area contributed by atoms with Crippen molar-refractivity contribution in [2.45, 2.75) is 32.7 Å². The molecule has 0 bridgehead atoms. The summed E-state index contributed by atoms with van der Waals surface area (Å²) in [6.45, 7) is 3.89. The van der Waals surface area contributed by atoms with Gasteiger partial charge in [-0.15, -0.1) is 0 Å². The summed E-state index contributed by atoms with van der Waals surface area (Å²) >= 11 is 0. The zero-order chi connectivity index (χ0) is 11.3. The van der Waals surface area contributed by atoms with Crippen molar-refractivity contribution in [3.8, 4) is 0 Å². The molecule has 4 nitrogen and oxygen atoms in total.